The number of likely N-dealkylation sites (N-methyl/N-ethyl adjacent to an activating group) is 1. The minimum Gasteiger partial charge on any atom is -0.492 e. The minimum absolute atomic E-state index is 0.0469. The molecule has 0 radical (unpaired) electrons. The summed E-state index contributed by atoms with van der Waals surface area (Å²) in [6.07, 6.45) is 1.72. The van der Waals surface area contributed by atoms with Crippen molar-refractivity contribution in [2.45, 2.75) is 6.92 Å². The van der Waals surface area contributed by atoms with E-state index in [-0.39, 0.29) is 23.6 Å². The summed E-state index contributed by atoms with van der Waals surface area (Å²) >= 11 is 0. The molecule has 0 aliphatic heterocycles. The summed E-state index contributed by atoms with van der Waals surface area (Å²) in [4.78, 5) is 34.8. The lowest BCUT2D eigenvalue weighted by atomic mass is 9.92. The van der Waals surface area contributed by atoms with E-state index in [1.165, 1.54) is 14.2 Å². The van der Waals surface area contributed by atoms with Crippen LogP contribution in [0.5, 0.6) is 0 Å². The molecule has 0 spiro atoms. The van der Waals surface area contributed by atoms with E-state index in [4.69, 9.17) is 10.5 Å². The molecular weight excluding hydrogens is 264 g/mol. The van der Waals surface area contributed by atoms with Crippen molar-refractivity contribution < 1.29 is 23.9 Å². The van der Waals surface area contributed by atoms with Crippen LogP contribution in [0, 0.1) is 0 Å². The van der Waals surface area contributed by atoms with Crippen LogP contribution in [-0.4, -0.2) is 38.4 Å². The largest absolute Gasteiger partial charge is 0.492 e. The molecule has 0 saturated carbocycles. The number of carbonyl (C=O) groups is 3. The maximum Gasteiger partial charge on any atom is 0.404 e. The predicted octanol–water partition coefficient (Wildman–Crippen LogP) is 0.184. The standard InChI is InChI=1S/C13H16N2O5/c1-4-7(6-20-13(14)18)10-8(16)5-9(19-3)12(17)11(10)15-2/h4-5,15H,6H2,1-3H3,(H2,14,18)/b7-4+. The van der Waals surface area contributed by atoms with Crippen LogP contribution in [0.15, 0.2) is 34.8 Å². The van der Waals surface area contributed by atoms with Crippen molar-refractivity contribution in [1.82, 2.24) is 5.32 Å². The van der Waals surface area contributed by atoms with Crippen LogP contribution in [0.1, 0.15) is 6.92 Å². The molecule has 0 saturated heterocycles. The van der Waals surface area contributed by atoms with E-state index in [0.717, 1.165) is 6.08 Å². The number of allylic oxidation sites excluding steroid dienone is 2. The van der Waals surface area contributed by atoms with Gasteiger partial charge in [0.05, 0.1) is 18.4 Å². The molecule has 20 heavy (non-hydrogen) atoms. The molecule has 7 nitrogen and oxygen atoms in total. The van der Waals surface area contributed by atoms with Crippen molar-refractivity contribution in [3.8, 4) is 0 Å². The lowest BCUT2D eigenvalue weighted by Crippen LogP contribution is -2.29. The molecule has 0 aromatic heterocycles. The van der Waals surface area contributed by atoms with Crippen molar-refractivity contribution in [2.75, 3.05) is 20.8 Å². The van der Waals surface area contributed by atoms with Gasteiger partial charge in [-0.3, -0.25) is 9.59 Å². The summed E-state index contributed by atoms with van der Waals surface area (Å²) in [5, 5.41) is 2.68. The summed E-state index contributed by atoms with van der Waals surface area (Å²) in [6.45, 7) is 1.47. The highest BCUT2D eigenvalue weighted by Crippen LogP contribution is 2.24. The second-order valence-electron chi connectivity index (χ2n) is 3.83. The number of hydrogen-bond donors (Lipinski definition) is 2. The van der Waals surface area contributed by atoms with Gasteiger partial charge < -0.3 is 20.5 Å². The smallest absolute Gasteiger partial charge is 0.404 e. The molecule has 0 heterocycles. The molecule has 1 aliphatic rings. The lowest BCUT2D eigenvalue weighted by molar-refractivity contribution is -0.118. The summed E-state index contributed by atoms with van der Waals surface area (Å²) in [5.74, 6) is -0.899. The number of amides is 1. The molecule has 7 heteroatoms. The summed E-state index contributed by atoms with van der Waals surface area (Å²) < 4.78 is 9.53. The van der Waals surface area contributed by atoms with Gasteiger partial charge in [0.2, 0.25) is 5.78 Å². The Morgan fingerprint density at radius 1 is 1.45 bits per heavy atom. The molecule has 1 amide bonds. The number of ketones is 2. The first-order valence-electron chi connectivity index (χ1n) is 5.80. The Balaban J connectivity index is 3.21. The molecule has 3 N–H and O–H groups in total. The van der Waals surface area contributed by atoms with Crippen LogP contribution in [0.3, 0.4) is 0 Å². The number of rotatable bonds is 5. The van der Waals surface area contributed by atoms with Crippen molar-refractivity contribution in [3.63, 3.8) is 0 Å². The molecule has 0 fully saturated rings. The Hall–Kier alpha value is -2.57. The van der Waals surface area contributed by atoms with Gasteiger partial charge in [0.15, 0.2) is 11.5 Å². The highest BCUT2D eigenvalue weighted by Gasteiger charge is 2.30. The van der Waals surface area contributed by atoms with E-state index in [0.29, 0.717) is 5.57 Å². The molecule has 1 aliphatic carbocycles. The van der Waals surface area contributed by atoms with Crippen LogP contribution in [0.4, 0.5) is 4.79 Å². The topological polar surface area (TPSA) is 108 Å². The first-order valence-corrected chi connectivity index (χ1v) is 5.80. The molecule has 0 aromatic carbocycles. The predicted molar refractivity (Wildman–Crippen MR) is 70.5 cm³/mol. The maximum atomic E-state index is 12.1. The number of hydrogen-bond acceptors (Lipinski definition) is 6. The number of ether oxygens (including phenoxy) is 2. The van der Waals surface area contributed by atoms with Gasteiger partial charge in [-0.05, 0) is 12.5 Å². The summed E-state index contributed by atoms with van der Waals surface area (Å²) in [6, 6.07) is 0. The zero-order chi connectivity index (χ0) is 15.3. The SMILES string of the molecule is C/C=C(\COC(N)=O)C1=C(NC)C(=O)C(OC)=CC1=O. The van der Waals surface area contributed by atoms with Gasteiger partial charge in [0, 0.05) is 13.1 Å². The fourth-order valence-electron chi connectivity index (χ4n) is 1.77. The average molecular weight is 280 g/mol. The quantitative estimate of drug-likeness (QED) is 0.696. The van der Waals surface area contributed by atoms with Gasteiger partial charge in [-0.2, -0.15) is 0 Å². The monoisotopic (exact) mass is 280 g/mol. The summed E-state index contributed by atoms with van der Waals surface area (Å²) in [5.41, 5.74) is 5.51. The normalized spacial score (nSPS) is 15.9. The first-order chi connectivity index (χ1) is 9.46. The molecule has 0 atom stereocenters. The molecule has 0 unspecified atom stereocenters. The van der Waals surface area contributed by atoms with E-state index in [2.05, 4.69) is 10.1 Å². The first kappa shape index (κ1) is 15.5. The Kier molecular flexibility index (Phi) is 5.08. The van der Waals surface area contributed by atoms with E-state index in [1.807, 2.05) is 0 Å². The molecule has 0 bridgehead atoms. The molecule has 0 aromatic rings. The number of Topliss-reactive ketones (excluding diaryl/α,β-unsaturated/α-hetero) is 1. The number of carbonyl (C=O) groups excluding carboxylic acids is 3. The number of nitrogens with two attached hydrogens (primary N) is 1. The van der Waals surface area contributed by atoms with Gasteiger partial charge >= 0.3 is 6.09 Å². The fourth-order valence-corrected chi connectivity index (χ4v) is 1.77. The van der Waals surface area contributed by atoms with Crippen molar-refractivity contribution >= 4 is 17.7 Å². The second kappa shape index (κ2) is 6.55. The van der Waals surface area contributed by atoms with Gasteiger partial charge in [-0.15, -0.1) is 0 Å². The number of nitrogens with one attached hydrogen (secondary N) is 1. The average Bonchev–Trinajstić information content (AvgIpc) is 2.42. The van der Waals surface area contributed by atoms with Gasteiger partial charge in [-0.1, -0.05) is 6.08 Å². The Labute approximate surface area is 116 Å². The zero-order valence-corrected chi connectivity index (χ0v) is 11.5. The van der Waals surface area contributed by atoms with Crippen LogP contribution < -0.4 is 11.1 Å². The molecular formula is C13H16N2O5. The second-order valence-corrected chi connectivity index (χ2v) is 3.83. The third-order valence-corrected chi connectivity index (χ3v) is 2.72. The van der Waals surface area contributed by atoms with E-state index >= 15 is 0 Å². The highest BCUT2D eigenvalue weighted by atomic mass is 16.5. The molecule has 1 rings (SSSR count). The lowest BCUT2D eigenvalue weighted by Gasteiger charge is -2.19. The van der Waals surface area contributed by atoms with Gasteiger partial charge in [-0.25, -0.2) is 4.79 Å². The maximum absolute atomic E-state index is 12.1. The zero-order valence-electron chi connectivity index (χ0n) is 11.5. The van der Waals surface area contributed by atoms with Crippen molar-refractivity contribution in [1.29, 1.82) is 0 Å². The van der Waals surface area contributed by atoms with Crippen LogP contribution in [-0.2, 0) is 19.1 Å². The molecule has 108 valence electrons. The van der Waals surface area contributed by atoms with Gasteiger partial charge in [0.25, 0.3) is 0 Å². The Morgan fingerprint density at radius 3 is 2.55 bits per heavy atom. The third kappa shape index (κ3) is 3.05. The van der Waals surface area contributed by atoms with Crippen molar-refractivity contribution in [3.05, 3.63) is 34.8 Å². The minimum atomic E-state index is -0.960. The van der Waals surface area contributed by atoms with Crippen LogP contribution in [0.2, 0.25) is 0 Å². The highest BCUT2D eigenvalue weighted by molar-refractivity contribution is 6.23. The third-order valence-electron chi connectivity index (χ3n) is 2.72. The fraction of sp³-hybridized carbons (Fsp3) is 0.308. The summed E-state index contributed by atoms with van der Waals surface area (Å²) in [7, 11) is 2.82. The Morgan fingerprint density at radius 2 is 2.10 bits per heavy atom. The van der Waals surface area contributed by atoms with Gasteiger partial charge in [0.1, 0.15) is 6.61 Å². The van der Waals surface area contributed by atoms with Crippen LogP contribution in [0.25, 0.3) is 0 Å². The number of primary amides is 1. The Bertz CT molecular complexity index is 543. The van der Waals surface area contributed by atoms with E-state index in [1.54, 1.807) is 13.0 Å². The van der Waals surface area contributed by atoms with E-state index < -0.39 is 17.7 Å². The van der Waals surface area contributed by atoms with E-state index in [9.17, 15) is 14.4 Å². The van der Waals surface area contributed by atoms with Crippen molar-refractivity contribution in [2.24, 2.45) is 5.73 Å². The van der Waals surface area contributed by atoms with Crippen LogP contribution >= 0.6 is 0 Å². The number of methoxy groups -OCH3 is 1.